The summed E-state index contributed by atoms with van der Waals surface area (Å²) >= 11 is 5.64. The molecule has 1 aromatic rings. The van der Waals surface area contributed by atoms with E-state index in [9.17, 15) is 4.39 Å². The van der Waals surface area contributed by atoms with Gasteiger partial charge in [-0.15, -0.1) is 0 Å². The van der Waals surface area contributed by atoms with Gasteiger partial charge in [0.15, 0.2) is 0 Å². The van der Waals surface area contributed by atoms with Crippen LogP contribution < -0.4 is 5.32 Å². The van der Waals surface area contributed by atoms with Crippen molar-refractivity contribution in [1.29, 1.82) is 0 Å². The highest BCUT2D eigenvalue weighted by molar-refractivity contribution is 6.30. The quantitative estimate of drug-likeness (QED) is 0.815. The Bertz CT molecular complexity index is 315. The maximum absolute atomic E-state index is 13.4. The molecule has 0 bridgehead atoms. The van der Waals surface area contributed by atoms with E-state index in [1.807, 2.05) is 6.92 Å². The first-order valence-electron chi connectivity index (χ1n) is 4.96. The molecule has 0 amide bonds. The van der Waals surface area contributed by atoms with E-state index < -0.39 is 0 Å². The Hall–Kier alpha value is -0.640. The van der Waals surface area contributed by atoms with Gasteiger partial charge in [-0.1, -0.05) is 30.7 Å². The van der Waals surface area contributed by atoms with Crippen molar-refractivity contribution < 1.29 is 9.50 Å². The predicted molar refractivity (Wildman–Crippen MR) is 59.4 cm³/mol. The molecule has 0 aromatic heterocycles. The molecule has 0 aliphatic rings. The molecule has 0 saturated carbocycles. The van der Waals surface area contributed by atoms with Gasteiger partial charge in [-0.3, -0.25) is 0 Å². The zero-order valence-corrected chi connectivity index (χ0v) is 9.39. The molecule has 4 heteroatoms. The average Bonchev–Trinajstić information content (AvgIpc) is 2.25. The summed E-state index contributed by atoms with van der Waals surface area (Å²) in [7, 11) is 0. The lowest BCUT2D eigenvalue weighted by atomic mass is 10.2. The van der Waals surface area contributed by atoms with Crippen molar-refractivity contribution in [3.63, 3.8) is 0 Å². The van der Waals surface area contributed by atoms with Crippen molar-refractivity contribution in [2.24, 2.45) is 0 Å². The van der Waals surface area contributed by atoms with E-state index >= 15 is 0 Å². The van der Waals surface area contributed by atoms with E-state index in [4.69, 9.17) is 16.7 Å². The van der Waals surface area contributed by atoms with E-state index in [-0.39, 0.29) is 23.5 Å². The molecule has 1 rings (SSSR count). The lowest BCUT2D eigenvalue weighted by Gasteiger charge is -2.14. The first-order valence-corrected chi connectivity index (χ1v) is 5.34. The van der Waals surface area contributed by atoms with Gasteiger partial charge in [0.25, 0.3) is 0 Å². The topological polar surface area (TPSA) is 32.3 Å². The van der Waals surface area contributed by atoms with Crippen LogP contribution in [0.2, 0.25) is 5.02 Å². The van der Waals surface area contributed by atoms with Crippen LogP contribution in [-0.2, 0) is 6.54 Å². The van der Waals surface area contributed by atoms with Crippen LogP contribution in [-0.4, -0.2) is 17.8 Å². The zero-order chi connectivity index (χ0) is 11.3. The lowest BCUT2D eigenvalue weighted by molar-refractivity contribution is 0.238. The molecule has 0 radical (unpaired) electrons. The third-order valence-electron chi connectivity index (χ3n) is 2.33. The SMILES string of the molecule is CCC(CO)NCc1cccc(Cl)c1F. The molecule has 0 saturated heterocycles. The fourth-order valence-corrected chi connectivity index (χ4v) is 1.47. The largest absolute Gasteiger partial charge is 0.395 e. The number of aliphatic hydroxyl groups is 1. The number of halogens is 2. The normalized spacial score (nSPS) is 12.8. The van der Waals surface area contributed by atoms with Crippen LogP contribution >= 0.6 is 11.6 Å². The van der Waals surface area contributed by atoms with Crippen LogP contribution in [0.4, 0.5) is 4.39 Å². The van der Waals surface area contributed by atoms with Crippen molar-refractivity contribution in [2.45, 2.75) is 25.9 Å². The van der Waals surface area contributed by atoms with Gasteiger partial charge in [-0.2, -0.15) is 0 Å². The van der Waals surface area contributed by atoms with Gasteiger partial charge in [0, 0.05) is 18.2 Å². The summed E-state index contributed by atoms with van der Waals surface area (Å²) in [4.78, 5) is 0. The van der Waals surface area contributed by atoms with Crippen molar-refractivity contribution in [3.8, 4) is 0 Å². The summed E-state index contributed by atoms with van der Waals surface area (Å²) in [6, 6.07) is 4.91. The van der Waals surface area contributed by atoms with Gasteiger partial charge in [0.05, 0.1) is 11.6 Å². The predicted octanol–water partition coefficient (Wildman–Crippen LogP) is 2.34. The molecule has 1 atom stereocenters. The summed E-state index contributed by atoms with van der Waals surface area (Å²) in [6.45, 7) is 2.40. The average molecular weight is 232 g/mol. The second kappa shape index (κ2) is 6.05. The third-order valence-corrected chi connectivity index (χ3v) is 2.62. The van der Waals surface area contributed by atoms with E-state index in [0.29, 0.717) is 12.1 Å². The Morgan fingerprint density at radius 2 is 2.27 bits per heavy atom. The summed E-state index contributed by atoms with van der Waals surface area (Å²) in [5, 5.41) is 12.1. The molecule has 0 aliphatic heterocycles. The first-order chi connectivity index (χ1) is 7.19. The van der Waals surface area contributed by atoms with Gasteiger partial charge in [0.1, 0.15) is 5.82 Å². The Balaban J connectivity index is 2.61. The molecular weight excluding hydrogens is 217 g/mol. The molecule has 2 nitrogen and oxygen atoms in total. The summed E-state index contributed by atoms with van der Waals surface area (Å²) in [5.41, 5.74) is 0.523. The smallest absolute Gasteiger partial charge is 0.146 e. The molecule has 0 fully saturated rings. The van der Waals surface area contributed by atoms with Crippen LogP contribution in [0.5, 0.6) is 0 Å². The number of hydrogen-bond acceptors (Lipinski definition) is 2. The number of aliphatic hydroxyl groups excluding tert-OH is 1. The summed E-state index contributed by atoms with van der Waals surface area (Å²) in [6.07, 6.45) is 0.804. The summed E-state index contributed by atoms with van der Waals surface area (Å²) < 4.78 is 13.4. The van der Waals surface area contributed by atoms with Crippen molar-refractivity contribution in [2.75, 3.05) is 6.61 Å². The molecule has 0 aliphatic carbocycles. The Morgan fingerprint density at radius 3 is 2.87 bits per heavy atom. The second-order valence-corrected chi connectivity index (χ2v) is 3.79. The Morgan fingerprint density at radius 1 is 1.53 bits per heavy atom. The Kier molecular flexibility index (Phi) is 5.02. The minimum atomic E-state index is -0.389. The number of benzene rings is 1. The van der Waals surface area contributed by atoms with Gasteiger partial charge in [-0.25, -0.2) is 4.39 Å². The van der Waals surface area contributed by atoms with Gasteiger partial charge < -0.3 is 10.4 Å². The second-order valence-electron chi connectivity index (χ2n) is 3.38. The fourth-order valence-electron chi connectivity index (χ4n) is 1.28. The number of rotatable bonds is 5. The van der Waals surface area contributed by atoms with Gasteiger partial charge >= 0.3 is 0 Å². The zero-order valence-electron chi connectivity index (χ0n) is 8.63. The molecule has 1 aromatic carbocycles. The maximum atomic E-state index is 13.4. The fraction of sp³-hybridized carbons (Fsp3) is 0.455. The molecule has 1 unspecified atom stereocenters. The van der Waals surface area contributed by atoms with Crippen molar-refractivity contribution >= 4 is 11.6 Å². The van der Waals surface area contributed by atoms with E-state index in [2.05, 4.69) is 5.32 Å². The molecular formula is C11H15ClFNO. The number of nitrogens with one attached hydrogen (secondary N) is 1. The van der Waals surface area contributed by atoms with Crippen molar-refractivity contribution in [3.05, 3.63) is 34.6 Å². The third kappa shape index (κ3) is 3.45. The molecule has 84 valence electrons. The minimum Gasteiger partial charge on any atom is -0.395 e. The Labute approximate surface area is 94.1 Å². The highest BCUT2D eigenvalue weighted by Gasteiger charge is 2.08. The van der Waals surface area contributed by atoms with Crippen LogP contribution in [0.25, 0.3) is 0 Å². The van der Waals surface area contributed by atoms with E-state index in [1.54, 1.807) is 12.1 Å². The minimum absolute atomic E-state index is 0.00313. The van der Waals surface area contributed by atoms with Gasteiger partial charge in [-0.05, 0) is 12.5 Å². The van der Waals surface area contributed by atoms with E-state index in [1.165, 1.54) is 6.07 Å². The summed E-state index contributed by atoms with van der Waals surface area (Å²) in [5.74, 6) is -0.389. The highest BCUT2D eigenvalue weighted by Crippen LogP contribution is 2.17. The van der Waals surface area contributed by atoms with Gasteiger partial charge in [0.2, 0.25) is 0 Å². The first kappa shape index (κ1) is 12.4. The highest BCUT2D eigenvalue weighted by atomic mass is 35.5. The van der Waals surface area contributed by atoms with Crippen LogP contribution in [0.1, 0.15) is 18.9 Å². The van der Waals surface area contributed by atoms with Crippen LogP contribution in [0.3, 0.4) is 0 Å². The van der Waals surface area contributed by atoms with E-state index in [0.717, 1.165) is 6.42 Å². The molecule has 0 heterocycles. The molecule has 0 spiro atoms. The van der Waals surface area contributed by atoms with Crippen LogP contribution in [0.15, 0.2) is 18.2 Å². The number of hydrogen-bond donors (Lipinski definition) is 2. The monoisotopic (exact) mass is 231 g/mol. The lowest BCUT2D eigenvalue weighted by Crippen LogP contribution is -2.31. The van der Waals surface area contributed by atoms with Crippen LogP contribution in [0, 0.1) is 5.82 Å². The molecule has 2 N–H and O–H groups in total. The molecule has 15 heavy (non-hydrogen) atoms. The maximum Gasteiger partial charge on any atom is 0.146 e. The standard InChI is InChI=1S/C11H15ClFNO/c1-2-9(7-15)14-6-8-4-3-5-10(12)11(8)13/h3-5,9,14-15H,2,6-7H2,1H3. The van der Waals surface area contributed by atoms with Crippen molar-refractivity contribution in [1.82, 2.24) is 5.32 Å².